The SMILES string of the molecule is CCOC(CC)(CC)C(Cc1ccc(Cl)cc1F)NN. The number of rotatable bonds is 8. The molecule has 20 heavy (non-hydrogen) atoms. The number of nitrogens with two attached hydrogens (primary N) is 1. The Morgan fingerprint density at radius 3 is 2.45 bits per heavy atom. The normalized spacial score (nSPS) is 13.5. The van der Waals surface area contributed by atoms with Crippen molar-refractivity contribution in [2.45, 2.75) is 51.7 Å². The highest BCUT2D eigenvalue weighted by atomic mass is 35.5. The van der Waals surface area contributed by atoms with Gasteiger partial charge in [0.05, 0.1) is 11.6 Å². The van der Waals surface area contributed by atoms with Gasteiger partial charge in [-0.25, -0.2) is 4.39 Å². The van der Waals surface area contributed by atoms with Gasteiger partial charge in [-0.05, 0) is 43.9 Å². The minimum absolute atomic E-state index is 0.159. The van der Waals surface area contributed by atoms with E-state index in [1.807, 2.05) is 6.92 Å². The molecule has 0 fully saturated rings. The predicted octanol–water partition coefficient (Wildman–Crippen LogP) is 3.45. The molecule has 0 aliphatic carbocycles. The molecule has 3 N–H and O–H groups in total. The summed E-state index contributed by atoms with van der Waals surface area (Å²) in [6, 6.07) is 4.55. The molecule has 0 amide bonds. The monoisotopic (exact) mass is 302 g/mol. The Bertz CT molecular complexity index is 424. The molecule has 1 unspecified atom stereocenters. The fraction of sp³-hybridized carbons (Fsp3) is 0.600. The van der Waals surface area contributed by atoms with Gasteiger partial charge in [0.2, 0.25) is 0 Å². The van der Waals surface area contributed by atoms with E-state index in [9.17, 15) is 4.39 Å². The van der Waals surface area contributed by atoms with E-state index in [1.165, 1.54) is 6.07 Å². The second kappa shape index (κ2) is 7.93. The van der Waals surface area contributed by atoms with Crippen LogP contribution in [-0.4, -0.2) is 18.2 Å². The highest BCUT2D eigenvalue weighted by molar-refractivity contribution is 6.30. The van der Waals surface area contributed by atoms with Crippen molar-refractivity contribution < 1.29 is 9.13 Å². The topological polar surface area (TPSA) is 47.3 Å². The smallest absolute Gasteiger partial charge is 0.127 e. The number of hydrazine groups is 1. The van der Waals surface area contributed by atoms with Crippen molar-refractivity contribution in [2.75, 3.05) is 6.61 Å². The van der Waals surface area contributed by atoms with E-state index < -0.39 is 5.60 Å². The third kappa shape index (κ3) is 3.92. The first-order valence-corrected chi connectivity index (χ1v) is 7.44. The minimum Gasteiger partial charge on any atom is -0.374 e. The van der Waals surface area contributed by atoms with Gasteiger partial charge in [0.25, 0.3) is 0 Å². The average Bonchev–Trinajstić information content (AvgIpc) is 2.44. The van der Waals surface area contributed by atoms with Crippen molar-refractivity contribution in [1.82, 2.24) is 5.43 Å². The van der Waals surface area contributed by atoms with Gasteiger partial charge in [-0.15, -0.1) is 0 Å². The summed E-state index contributed by atoms with van der Waals surface area (Å²) < 4.78 is 19.9. The van der Waals surface area contributed by atoms with Crippen LogP contribution in [-0.2, 0) is 11.2 Å². The van der Waals surface area contributed by atoms with E-state index in [0.717, 1.165) is 12.8 Å². The quantitative estimate of drug-likeness (QED) is 0.571. The number of nitrogens with one attached hydrogen (secondary N) is 1. The van der Waals surface area contributed by atoms with Crippen LogP contribution in [0.2, 0.25) is 5.02 Å². The highest BCUT2D eigenvalue weighted by Crippen LogP contribution is 2.28. The van der Waals surface area contributed by atoms with E-state index in [0.29, 0.717) is 23.6 Å². The van der Waals surface area contributed by atoms with Gasteiger partial charge >= 0.3 is 0 Å². The summed E-state index contributed by atoms with van der Waals surface area (Å²) in [5.74, 6) is 5.38. The fourth-order valence-electron chi connectivity index (χ4n) is 2.64. The molecule has 0 radical (unpaired) electrons. The van der Waals surface area contributed by atoms with Crippen molar-refractivity contribution in [3.8, 4) is 0 Å². The zero-order chi connectivity index (χ0) is 15.2. The fourth-order valence-corrected chi connectivity index (χ4v) is 2.80. The summed E-state index contributed by atoms with van der Waals surface area (Å²) in [5, 5.41) is 0.394. The van der Waals surface area contributed by atoms with Crippen LogP contribution in [0.3, 0.4) is 0 Å². The third-order valence-corrected chi connectivity index (χ3v) is 4.14. The summed E-state index contributed by atoms with van der Waals surface area (Å²) in [6.45, 7) is 6.67. The molecule has 1 aromatic rings. The molecule has 1 aromatic carbocycles. The lowest BCUT2D eigenvalue weighted by Gasteiger charge is -2.39. The van der Waals surface area contributed by atoms with Crippen LogP contribution < -0.4 is 11.3 Å². The first-order chi connectivity index (χ1) is 9.52. The number of hydrogen-bond acceptors (Lipinski definition) is 3. The molecule has 1 rings (SSSR count). The molecule has 0 saturated carbocycles. The lowest BCUT2D eigenvalue weighted by atomic mass is 9.84. The lowest BCUT2D eigenvalue weighted by molar-refractivity contribution is -0.0720. The van der Waals surface area contributed by atoms with Gasteiger partial charge in [0.1, 0.15) is 5.82 Å². The maximum atomic E-state index is 13.9. The van der Waals surface area contributed by atoms with Crippen molar-refractivity contribution in [2.24, 2.45) is 5.84 Å². The van der Waals surface area contributed by atoms with E-state index in [2.05, 4.69) is 19.3 Å². The van der Waals surface area contributed by atoms with Crippen molar-refractivity contribution in [1.29, 1.82) is 0 Å². The number of benzene rings is 1. The zero-order valence-corrected chi connectivity index (χ0v) is 13.1. The molecule has 0 heterocycles. The van der Waals surface area contributed by atoms with Crippen molar-refractivity contribution >= 4 is 11.6 Å². The second-order valence-corrected chi connectivity index (χ2v) is 5.30. The van der Waals surface area contributed by atoms with Crippen molar-refractivity contribution in [3.05, 3.63) is 34.6 Å². The molecule has 0 bridgehead atoms. The first-order valence-electron chi connectivity index (χ1n) is 7.07. The van der Waals surface area contributed by atoms with Gasteiger partial charge in [-0.3, -0.25) is 11.3 Å². The minimum atomic E-state index is -0.393. The van der Waals surface area contributed by atoms with Gasteiger partial charge in [0, 0.05) is 11.6 Å². The molecular formula is C15H24ClFN2O. The molecular weight excluding hydrogens is 279 g/mol. The molecule has 5 heteroatoms. The Labute approximate surface area is 125 Å². The molecule has 0 spiro atoms. The predicted molar refractivity (Wildman–Crippen MR) is 81.2 cm³/mol. The van der Waals surface area contributed by atoms with Gasteiger partial charge in [0.15, 0.2) is 0 Å². The third-order valence-electron chi connectivity index (χ3n) is 3.90. The molecule has 114 valence electrons. The Hall–Kier alpha value is -0.680. The maximum absolute atomic E-state index is 13.9. The van der Waals surface area contributed by atoms with Gasteiger partial charge in [-0.2, -0.15) is 0 Å². The number of ether oxygens (including phenoxy) is 1. The Balaban J connectivity index is 2.99. The number of halogens is 2. The number of hydrogen-bond donors (Lipinski definition) is 2. The molecule has 1 atom stereocenters. The second-order valence-electron chi connectivity index (χ2n) is 4.86. The summed E-state index contributed by atoms with van der Waals surface area (Å²) in [6.07, 6.45) is 2.07. The van der Waals surface area contributed by atoms with Crippen LogP contribution >= 0.6 is 11.6 Å². The molecule has 0 aliphatic heterocycles. The van der Waals surface area contributed by atoms with Crippen LogP contribution in [0.1, 0.15) is 39.2 Å². The first kappa shape index (κ1) is 17.4. The van der Waals surface area contributed by atoms with E-state index in [1.54, 1.807) is 12.1 Å². The van der Waals surface area contributed by atoms with Crippen molar-refractivity contribution in [3.63, 3.8) is 0 Å². The summed E-state index contributed by atoms with van der Waals surface area (Å²) >= 11 is 5.78. The lowest BCUT2D eigenvalue weighted by Crippen LogP contribution is -2.55. The van der Waals surface area contributed by atoms with Crippen LogP contribution in [0.15, 0.2) is 18.2 Å². The maximum Gasteiger partial charge on any atom is 0.127 e. The summed E-state index contributed by atoms with van der Waals surface area (Å²) in [5.41, 5.74) is 2.99. The Morgan fingerprint density at radius 2 is 2.00 bits per heavy atom. The van der Waals surface area contributed by atoms with Crippen LogP contribution in [0.4, 0.5) is 4.39 Å². The molecule has 3 nitrogen and oxygen atoms in total. The molecule has 0 aliphatic rings. The summed E-state index contributed by atoms with van der Waals surface area (Å²) in [4.78, 5) is 0. The Morgan fingerprint density at radius 1 is 1.35 bits per heavy atom. The van der Waals surface area contributed by atoms with Crippen LogP contribution in [0, 0.1) is 5.82 Å². The zero-order valence-electron chi connectivity index (χ0n) is 12.4. The van der Waals surface area contributed by atoms with Crippen LogP contribution in [0.25, 0.3) is 0 Å². The van der Waals surface area contributed by atoms with E-state index in [4.69, 9.17) is 22.2 Å². The molecule has 0 saturated heterocycles. The Kier molecular flexibility index (Phi) is 6.89. The summed E-state index contributed by atoms with van der Waals surface area (Å²) in [7, 11) is 0. The van der Waals surface area contributed by atoms with Gasteiger partial charge in [-0.1, -0.05) is 31.5 Å². The molecule has 0 aromatic heterocycles. The van der Waals surface area contributed by atoms with Gasteiger partial charge < -0.3 is 4.74 Å². The van der Waals surface area contributed by atoms with E-state index >= 15 is 0 Å². The average molecular weight is 303 g/mol. The van der Waals surface area contributed by atoms with Crippen LogP contribution in [0.5, 0.6) is 0 Å². The standard InChI is InChI=1S/C15H24ClFN2O/c1-4-15(5-2,20-6-3)14(19-18)9-11-7-8-12(16)10-13(11)17/h7-8,10,14,19H,4-6,9,18H2,1-3H3. The van der Waals surface area contributed by atoms with E-state index in [-0.39, 0.29) is 11.9 Å². The largest absolute Gasteiger partial charge is 0.374 e. The highest BCUT2D eigenvalue weighted by Gasteiger charge is 2.36.